The van der Waals surface area contributed by atoms with Crippen LogP contribution in [0.5, 0.6) is 0 Å². The van der Waals surface area contributed by atoms with Crippen LogP contribution in [0, 0.1) is 0 Å². The summed E-state index contributed by atoms with van der Waals surface area (Å²) in [5.41, 5.74) is 3.59. The molecular weight excluding hydrogens is 494 g/mol. The lowest BCUT2D eigenvalue weighted by molar-refractivity contribution is -0.125. The largest absolute Gasteiger partial charge is 0.351 e. The van der Waals surface area contributed by atoms with Gasteiger partial charge in [0, 0.05) is 55.7 Å². The number of carbonyl (C=O) groups is 1. The van der Waals surface area contributed by atoms with Crippen LogP contribution in [0.1, 0.15) is 36.0 Å². The van der Waals surface area contributed by atoms with E-state index in [2.05, 4.69) is 67.9 Å². The van der Waals surface area contributed by atoms with E-state index in [1.165, 1.54) is 11.1 Å². The standard InChI is InChI=1S/C31H38ClN5O/c32-27-10-8-25(9-11-27)22-37-23-29(19-30(37)31(38)34-21-26-7-4-15-33-20-26)35-28-13-17-36(18-14-28)16-12-24-5-2-1-3-6-24/h1-11,15,20,28-30,35H,12-14,16-19,21-23H2,(H,34,38)/t29-,30-/m0/s1. The number of halogens is 1. The van der Waals surface area contributed by atoms with E-state index in [0.717, 1.165) is 69.0 Å². The minimum absolute atomic E-state index is 0.0860. The van der Waals surface area contributed by atoms with Crippen molar-refractivity contribution in [2.24, 2.45) is 0 Å². The maximum atomic E-state index is 13.3. The van der Waals surface area contributed by atoms with Crippen LogP contribution in [-0.4, -0.2) is 65.0 Å². The monoisotopic (exact) mass is 531 g/mol. The number of nitrogens with one attached hydrogen (secondary N) is 2. The molecule has 38 heavy (non-hydrogen) atoms. The zero-order valence-corrected chi connectivity index (χ0v) is 22.7. The molecule has 0 radical (unpaired) electrons. The number of nitrogens with zero attached hydrogens (tertiary/aromatic N) is 3. The summed E-state index contributed by atoms with van der Waals surface area (Å²) in [6, 6.07) is 23.2. The minimum Gasteiger partial charge on any atom is -0.351 e. The van der Waals surface area contributed by atoms with Crippen LogP contribution in [0.25, 0.3) is 0 Å². The van der Waals surface area contributed by atoms with Crippen LogP contribution in [0.2, 0.25) is 5.02 Å². The molecule has 2 N–H and O–H groups in total. The molecule has 3 aromatic rings. The molecule has 0 bridgehead atoms. The van der Waals surface area contributed by atoms with Crippen LogP contribution in [0.3, 0.4) is 0 Å². The average Bonchev–Trinajstić information content (AvgIpc) is 3.35. The molecule has 5 rings (SSSR count). The molecule has 2 saturated heterocycles. The van der Waals surface area contributed by atoms with Crippen molar-refractivity contribution in [3.05, 3.63) is 101 Å². The Morgan fingerprint density at radius 2 is 1.68 bits per heavy atom. The van der Waals surface area contributed by atoms with E-state index in [-0.39, 0.29) is 11.9 Å². The normalized spacial score (nSPS) is 21.0. The third-order valence-electron chi connectivity index (χ3n) is 7.81. The molecule has 1 amide bonds. The van der Waals surface area contributed by atoms with E-state index in [0.29, 0.717) is 18.6 Å². The topological polar surface area (TPSA) is 60.5 Å². The number of hydrogen-bond donors (Lipinski definition) is 2. The Labute approximate surface area is 231 Å². The highest BCUT2D eigenvalue weighted by Gasteiger charge is 2.37. The van der Waals surface area contributed by atoms with Crippen molar-refractivity contribution in [2.45, 2.75) is 56.9 Å². The lowest BCUT2D eigenvalue weighted by Gasteiger charge is -2.34. The van der Waals surface area contributed by atoms with E-state index in [1.54, 1.807) is 12.4 Å². The number of amides is 1. The number of rotatable bonds is 10. The number of piperidine rings is 1. The van der Waals surface area contributed by atoms with Gasteiger partial charge in [0.05, 0.1) is 6.04 Å². The summed E-state index contributed by atoms with van der Waals surface area (Å²) in [5.74, 6) is 0.0860. The zero-order valence-electron chi connectivity index (χ0n) is 21.9. The third kappa shape index (κ3) is 7.64. The number of pyridine rings is 1. The molecule has 6 nitrogen and oxygen atoms in total. The molecule has 0 spiro atoms. The molecule has 3 heterocycles. The molecule has 0 unspecified atom stereocenters. The molecule has 1 aromatic heterocycles. The Morgan fingerprint density at radius 3 is 2.42 bits per heavy atom. The Morgan fingerprint density at radius 1 is 0.921 bits per heavy atom. The number of aromatic nitrogens is 1. The van der Waals surface area contributed by atoms with Crippen molar-refractivity contribution in [1.29, 1.82) is 0 Å². The zero-order chi connectivity index (χ0) is 26.2. The van der Waals surface area contributed by atoms with Crippen molar-refractivity contribution in [3.63, 3.8) is 0 Å². The highest BCUT2D eigenvalue weighted by molar-refractivity contribution is 6.30. The van der Waals surface area contributed by atoms with Gasteiger partial charge >= 0.3 is 0 Å². The van der Waals surface area contributed by atoms with Crippen LogP contribution < -0.4 is 10.6 Å². The second-order valence-corrected chi connectivity index (χ2v) is 11.0. The van der Waals surface area contributed by atoms with Gasteiger partial charge in [0.2, 0.25) is 5.91 Å². The smallest absolute Gasteiger partial charge is 0.237 e. The molecule has 7 heteroatoms. The van der Waals surface area contributed by atoms with Gasteiger partial charge in [0.1, 0.15) is 0 Å². The van der Waals surface area contributed by atoms with Gasteiger partial charge in [0.15, 0.2) is 0 Å². The maximum absolute atomic E-state index is 13.3. The Hall–Kier alpha value is -2.77. The first kappa shape index (κ1) is 26.8. The highest BCUT2D eigenvalue weighted by atomic mass is 35.5. The second kappa shape index (κ2) is 13.3. The molecule has 2 aliphatic heterocycles. The van der Waals surface area contributed by atoms with Gasteiger partial charge in [-0.3, -0.25) is 14.7 Å². The van der Waals surface area contributed by atoms with Crippen molar-refractivity contribution in [2.75, 3.05) is 26.2 Å². The Balaban J connectivity index is 1.14. The lowest BCUT2D eigenvalue weighted by Crippen LogP contribution is -2.47. The van der Waals surface area contributed by atoms with E-state index in [9.17, 15) is 4.79 Å². The molecule has 200 valence electrons. The average molecular weight is 532 g/mol. The van der Waals surface area contributed by atoms with E-state index < -0.39 is 0 Å². The fourth-order valence-electron chi connectivity index (χ4n) is 5.69. The maximum Gasteiger partial charge on any atom is 0.237 e. The van der Waals surface area contributed by atoms with Crippen LogP contribution >= 0.6 is 11.6 Å². The molecule has 2 atom stereocenters. The predicted molar refractivity (Wildman–Crippen MR) is 153 cm³/mol. The van der Waals surface area contributed by atoms with E-state index in [1.807, 2.05) is 24.3 Å². The first-order valence-corrected chi connectivity index (χ1v) is 14.2. The molecule has 0 aliphatic carbocycles. The van der Waals surface area contributed by atoms with Gasteiger partial charge in [-0.2, -0.15) is 0 Å². The van der Waals surface area contributed by atoms with Crippen molar-refractivity contribution < 1.29 is 4.79 Å². The Bertz CT molecular complexity index is 1140. The minimum atomic E-state index is -0.161. The van der Waals surface area contributed by atoms with Gasteiger partial charge in [-0.15, -0.1) is 0 Å². The fraction of sp³-hybridized carbons (Fsp3) is 0.419. The fourth-order valence-corrected chi connectivity index (χ4v) is 5.82. The van der Waals surface area contributed by atoms with Crippen molar-refractivity contribution in [1.82, 2.24) is 25.4 Å². The highest BCUT2D eigenvalue weighted by Crippen LogP contribution is 2.24. The number of carbonyl (C=O) groups excluding carboxylic acids is 1. The van der Waals surface area contributed by atoms with Gasteiger partial charge < -0.3 is 15.5 Å². The van der Waals surface area contributed by atoms with Crippen LogP contribution in [0.15, 0.2) is 79.1 Å². The lowest BCUT2D eigenvalue weighted by atomic mass is 10.0. The molecular formula is C31H38ClN5O. The summed E-state index contributed by atoms with van der Waals surface area (Å²) in [6.45, 7) is 5.47. The first-order valence-electron chi connectivity index (χ1n) is 13.8. The molecule has 0 saturated carbocycles. The SMILES string of the molecule is O=C(NCc1cccnc1)[C@@H]1C[C@H](NC2CCN(CCc3ccccc3)CC2)CN1Cc1ccc(Cl)cc1. The number of benzene rings is 2. The van der Waals surface area contributed by atoms with Crippen LogP contribution in [0.4, 0.5) is 0 Å². The first-order chi connectivity index (χ1) is 18.6. The Kier molecular flexibility index (Phi) is 9.42. The summed E-state index contributed by atoms with van der Waals surface area (Å²) in [6.07, 6.45) is 7.79. The van der Waals surface area contributed by atoms with Gasteiger partial charge in [-0.1, -0.05) is 60.1 Å². The number of likely N-dealkylation sites (tertiary alicyclic amines) is 2. The van der Waals surface area contributed by atoms with Gasteiger partial charge in [-0.25, -0.2) is 0 Å². The third-order valence-corrected chi connectivity index (χ3v) is 8.07. The summed E-state index contributed by atoms with van der Waals surface area (Å²) >= 11 is 6.10. The second-order valence-electron chi connectivity index (χ2n) is 10.6. The quantitative estimate of drug-likeness (QED) is 0.409. The summed E-state index contributed by atoms with van der Waals surface area (Å²) in [5, 5.41) is 7.80. The summed E-state index contributed by atoms with van der Waals surface area (Å²) in [4.78, 5) is 22.4. The van der Waals surface area contributed by atoms with E-state index in [4.69, 9.17) is 11.6 Å². The molecule has 2 aromatic carbocycles. The predicted octanol–water partition coefficient (Wildman–Crippen LogP) is 4.29. The van der Waals surface area contributed by atoms with Crippen LogP contribution in [-0.2, 0) is 24.3 Å². The summed E-state index contributed by atoms with van der Waals surface area (Å²) < 4.78 is 0. The van der Waals surface area contributed by atoms with Gasteiger partial charge in [-0.05, 0) is 73.7 Å². The van der Waals surface area contributed by atoms with Crippen molar-refractivity contribution in [3.8, 4) is 0 Å². The summed E-state index contributed by atoms with van der Waals surface area (Å²) in [7, 11) is 0. The van der Waals surface area contributed by atoms with Gasteiger partial charge in [0.25, 0.3) is 0 Å². The van der Waals surface area contributed by atoms with E-state index >= 15 is 0 Å². The molecule has 2 fully saturated rings. The number of hydrogen-bond acceptors (Lipinski definition) is 5. The van der Waals surface area contributed by atoms with Crippen molar-refractivity contribution >= 4 is 17.5 Å². The molecule has 2 aliphatic rings.